The van der Waals surface area contributed by atoms with Crippen LogP contribution in [0.15, 0.2) is 0 Å². The second-order valence-corrected chi connectivity index (χ2v) is 10.0. The van der Waals surface area contributed by atoms with Crippen LogP contribution in [0.4, 0.5) is 0 Å². The minimum Gasteiger partial charge on any atom is -0.469 e. The number of phosphoric acid groups is 1. The monoisotopic (exact) mass is 480 g/mol. The number of hydrogen-bond donors (Lipinski definition) is 2. The maximum absolute atomic E-state index is 12.8. The Hall–Kier alpha value is -2.01. The predicted molar refractivity (Wildman–Crippen MR) is 111 cm³/mol. The van der Waals surface area contributed by atoms with E-state index in [1.54, 1.807) is 13.8 Å². The third-order valence-electron chi connectivity index (χ3n) is 4.41. The van der Waals surface area contributed by atoms with E-state index in [2.05, 4.69) is 15.4 Å². The maximum atomic E-state index is 12.8. The number of rotatable bonds is 11. The van der Waals surface area contributed by atoms with Crippen LogP contribution >= 0.6 is 7.82 Å². The van der Waals surface area contributed by atoms with Crippen molar-refractivity contribution in [2.45, 2.75) is 59.6 Å². The number of nitrogens with one attached hydrogen (secondary N) is 2. The van der Waals surface area contributed by atoms with Gasteiger partial charge in [-0.15, -0.1) is 0 Å². The molecule has 1 aliphatic rings. The van der Waals surface area contributed by atoms with E-state index in [1.165, 1.54) is 14.0 Å². The van der Waals surface area contributed by atoms with Crippen LogP contribution in [0.1, 0.15) is 47.5 Å². The molecule has 184 valence electrons. The summed E-state index contributed by atoms with van der Waals surface area (Å²) in [6, 6.07) is -0.891. The van der Waals surface area contributed by atoms with Gasteiger partial charge in [0.15, 0.2) is 6.10 Å². The topological polar surface area (TPSA) is 156 Å². The van der Waals surface area contributed by atoms with Gasteiger partial charge in [-0.2, -0.15) is 0 Å². The molecule has 0 radical (unpaired) electrons. The third-order valence-corrected chi connectivity index (χ3v) is 5.75. The van der Waals surface area contributed by atoms with E-state index >= 15 is 0 Å². The van der Waals surface area contributed by atoms with Crippen LogP contribution in [0.3, 0.4) is 0 Å². The van der Waals surface area contributed by atoms with Gasteiger partial charge in [0.2, 0.25) is 18.6 Å². The van der Waals surface area contributed by atoms with Crippen molar-refractivity contribution in [1.29, 1.82) is 0 Å². The Morgan fingerprint density at radius 1 is 1.22 bits per heavy atom. The fraction of sp³-hybridized carbons (Fsp3) is 0.789. The van der Waals surface area contributed by atoms with Crippen LogP contribution < -0.4 is 10.6 Å². The second-order valence-electron chi connectivity index (χ2n) is 8.40. The van der Waals surface area contributed by atoms with Crippen molar-refractivity contribution in [2.24, 2.45) is 11.3 Å². The van der Waals surface area contributed by atoms with Gasteiger partial charge in [0, 0.05) is 18.9 Å². The first kappa shape index (κ1) is 28.0. The number of hydrogen-bond acceptors (Lipinski definition) is 10. The summed E-state index contributed by atoms with van der Waals surface area (Å²) in [6.45, 7) is 7.48. The zero-order valence-electron chi connectivity index (χ0n) is 19.3. The molecular weight excluding hydrogens is 447 g/mol. The maximum Gasteiger partial charge on any atom is 0.478 e. The van der Waals surface area contributed by atoms with Gasteiger partial charge in [-0.25, -0.2) is 13.9 Å². The van der Waals surface area contributed by atoms with Crippen LogP contribution in [0.5, 0.6) is 0 Å². The molecule has 1 aliphatic heterocycles. The van der Waals surface area contributed by atoms with E-state index < -0.39 is 55.9 Å². The Labute approximate surface area is 187 Å². The van der Waals surface area contributed by atoms with Gasteiger partial charge in [-0.1, -0.05) is 27.7 Å². The molecular formula is C19H33N2O10P. The molecule has 0 aliphatic carbocycles. The highest BCUT2D eigenvalue weighted by Crippen LogP contribution is 2.57. The summed E-state index contributed by atoms with van der Waals surface area (Å²) in [5.41, 5.74) is -0.850. The van der Waals surface area contributed by atoms with Crippen molar-refractivity contribution in [1.82, 2.24) is 10.6 Å². The fourth-order valence-corrected chi connectivity index (χ4v) is 4.26. The van der Waals surface area contributed by atoms with E-state index in [9.17, 15) is 23.7 Å². The minimum absolute atomic E-state index is 0.00542. The number of ether oxygens (including phenoxy) is 2. The molecule has 0 aromatic rings. The lowest BCUT2D eigenvalue weighted by Crippen LogP contribution is -2.50. The molecule has 2 amide bonds. The smallest absolute Gasteiger partial charge is 0.469 e. The highest BCUT2D eigenvalue weighted by atomic mass is 31.2. The standard InChI is InChI=1S/C19H33N2O10P/c1-12(2)9-14(21-13(3)22)18(25)28-11-30-32(26)29-10-19(4,5)16(31-32)17(24)20-8-7-15(23)27-6/h12,14,16H,7-11H2,1-6H3,(H,20,24)(H,21,22)/t14?,16-,32?/m0/s1. The van der Waals surface area contributed by atoms with Crippen molar-refractivity contribution in [2.75, 3.05) is 27.1 Å². The van der Waals surface area contributed by atoms with Gasteiger partial charge in [0.1, 0.15) is 6.04 Å². The zero-order chi connectivity index (χ0) is 24.5. The second kappa shape index (κ2) is 12.3. The molecule has 0 saturated carbocycles. The number of amides is 2. The van der Waals surface area contributed by atoms with E-state index in [1.807, 2.05) is 13.8 Å². The first-order valence-electron chi connectivity index (χ1n) is 10.2. The number of phosphoric ester groups is 1. The summed E-state index contributed by atoms with van der Waals surface area (Å²) in [7, 11) is -2.99. The number of methoxy groups -OCH3 is 1. The third kappa shape index (κ3) is 9.23. The lowest BCUT2D eigenvalue weighted by molar-refractivity contribution is -0.159. The normalized spacial score (nSPS) is 23.2. The Balaban J connectivity index is 2.67. The predicted octanol–water partition coefficient (Wildman–Crippen LogP) is 1.28. The van der Waals surface area contributed by atoms with Gasteiger partial charge < -0.3 is 20.1 Å². The van der Waals surface area contributed by atoms with Gasteiger partial charge >= 0.3 is 19.8 Å². The summed E-state index contributed by atoms with van der Waals surface area (Å²) in [5.74, 6) is -2.17. The van der Waals surface area contributed by atoms with Crippen LogP contribution in [-0.4, -0.2) is 63.0 Å². The summed E-state index contributed by atoms with van der Waals surface area (Å²) < 4.78 is 37.8. The Bertz CT molecular complexity index is 740. The highest BCUT2D eigenvalue weighted by Gasteiger charge is 2.49. The van der Waals surface area contributed by atoms with E-state index in [-0.39, 0.29) is 25.5 Å². The van der Waals surface area contributed by atoms with Crippen molar-refractivity contribution < 1.29 is 46.8 Å². The van der Waals surface area contributed by atoms with Gasteiger partial charge in [0.05, 0.1) is 20.1 Å². The first-order valence-corrected chi connectivity index (χ1v) is 11.6. The van der Waals surface area contributed by atoms with Gasteiger partial charge in [-0.05, 0) is 12.3 Å². The molecule has 2 unspecified atom stereocenters. The molecule has 1 fully saturated rings. The number of carbonyl (C=O) groups is 4. The molecule has 0 spiro atoms. The molecule has 0 aromatic carbocycles. The molecule has 12 nitrogen and oxygen atoms in total. The van der Waals surface area contributed by atoms with E-state index in [0.29, 0.717) is 6.42 Å². The van der Waals surface area contributed by atoms with E-state index in [0.717, 1.165) is 0 Å². The molecule has 1 saturated heterocycles. The van der Waals surface area contributed by atoms with Crippen LogP contribution in [0.25, 0.3) is 0 Å². The highest BCUT2D eigenvalue weighted by molar-refractivity contribution is 7.48. The average Bonchev–Trinajstić information content (AvgIpc) is 2.68. The van der Waals surface area contributed by atoms with Crippen molar-refractivity contribution in [3.63, 3.8) is 0 Å². The molecule has 3 atom stereocenters. The van der Waals surface area contributed by atoms with Gasteiger partial charge in [-0.3, -0.25) is 23.4 Å². The first-order chi connectivity index (χ1) is 14.8. The van der Waals surface area contributed by atoms with Crippen LogP contribution in [0.2, 0.25) is 0 Å². The largest absolute Gasteiger partial charge is 0.478 e. The van der Waals surface area contributed by atoms with Crippen LogP contribution in [0, 0.1) is 11.3 Å². The Morgan fingerprint density at radius 3 is 2.44 bits per heavy atom. The van der Waals surface area contributed by atoms with Crippen molar-refractivity contribution >= 4 is 31.6 Å². The van der Waals surface area contributed by atoms with E-state index in [4.69, 9.17) is 18.3 Å². The number of esters is 2. The molecule has 13 heteroatoms. The summed E-state index contributed by atoms with van der Waals surface area (Å²) in [5, 5.41) is 5.00. The summed E-state index contributed by atoms with van der Waals surface area (Å²) >= 11 is 0. The van der Waals surface area contributed by atoms with Crippen molar-refractivity contribution in [3.05, 3.63) is 0 Å². The lowest BCUT2D eigenvalue weighted by atomic mass is 9.87. The fourth-order valence-electron chi connectivity index (χ4n) is 2.76. The molecule has 32 heavy (non-hydrogen) atoms. The van der Waals surface area contributed by atoms with Crippen molar-refractivity contribution in [3.8, 4) is 0 Å². The lowest BCUT2D eigenvalue weighted by Gasteiger charge is -2.39. The molecule has 0 aromatic heterocycles. The number of carbonyl (C=O) groups excluding carboxylic acids is 4. The Kier molecular flexibility index (Phi) is 10.8. The van der Waals surface area contributed by atoms with Crippen LogP contribution in [-0.2, 0) is 46.8 Å². The zero-order valence-corrected chi connectivity index (χ0v) is 20.2. The Morgan fingerprint density at radius 2 is 1.88 bits per heavy atom. The molecule has 0 bridgehead atoms. The molecule has 2 N–H and O–H groups in total. The summed E-state index contributed by atoms with van der Waals surface area (Å²) in [6.07, 6.45) is -0.907. The van der Waals surface area contributed by atoms with Gasteiger partial charge in [0.25, 0.3) is 0 Å². The summed E-state index contributed by atoms with van der Waals surface area (Å²) in [4.78, 5) is 47.2. The molecule has 1 heterocycles. The average molecular weight is 480 g/mol. The molecule has 1 rings (SSSR count). The quantitative estimate of drug-likeness (QED) is 0.251. The SMILES string of the molecule is COC(=O)CCNC(=O)[C@@H]1OP(=O)(OCOC(=O)C(CC(C)C)NC(C)=O)OCC1(C)C. The minimum atomic E-state index is -4.22.